The molecule has 1 aliphatic rings. The topological polar surface area (TPSA) is 123 Å². The number of imide groups is 1. The molecule has 0 radical (unpaired) electrons. The van der Waals surface area contributed by atoms with E-state index in [0.717, 1.165) is 4.90 Å². The number of carbonyl (C=O) groups is 2. The third-order valence-electron chi connectivity index (χ3n) is 1.88. The summed E-state index contributed by atoms with van der Waals surface area (Å²) < 4.78 is 21.4. The molecule has 0 spiro atoms. The van der Waals surface area contributed by atoms with E-state index in [9.17, 15) is 18.0 Å². The highest BCUT2D eigenvalue weighted by molar-refractivity contribution is 7.91. The third kappa shape index (κ3) is 1.81. The molecule has 0 atom stereocenters. The Labute approximate surface area is 94.1 Å². The molecule has 1 aromatic rings. The lowest BCUT2D eigenvalue weighted by Gasteiger charge is -2.06. The van der Waals surface area contributed by atoms with E-state index in [1.165, 1.54) is 0 Å². The van der Waals surface area contributed by atoms with Crippen molar-refractivity contribution in [2.75, 3.05) is 4.90 Å². The molecule has 10 heteroatoms. The molecule has 0 unspecified atom stereocenters. The average Bonchev–Trinajstić information content (AvgIpc) is 2.72. The van der Waals surface area contributed by atoms with Gasteiger partial charge in [0.1, 0.15) is 0 Å². The van der Waals surface area contributed by atoms with Gasteiger partial charge in [-0.15, -0.1) is 10.2 Å². The molecule has 0 bridgehead atoms. The van der Waals surface area contributed by atoms with Crippen LogP contribution in [0.15, 0.2) is 4.34 Å². The van der Waals surface area contributed by atoms with Gasteiger partial charge in [0, 0.05) is 12.8 Å². The van der Waals surface area contributed by atoms with E-state index in [2.05, 4.69) is 10.2 Å². The van der Waals surface area contributed by atoms with Gasteiger partial charge in [0.2, 0.25) is 21.3 Å². The minimum Gasteiger partial charge on any atom is -0.274 e. The van der Waals surface area contributed by atoms with Crippen LogP contribution in [-0.2, 0) is 19.6 Å². The molecule has 1 saturated heterocycles. The zero-order chi connectivity index (χ0) is 11.9. The molecule has 0 aliphatic carbocycles. The predicted molar refractivity (Wildman–Crippen MR) is 53.0 cm³/mol. The van der Waals surface area contributed by atoms with Crippen molar-refractivity contribution in [3.05, 3.63) is 0 Å². The molecular formula is C6H6N4O4S2. The molecule has 1 aliphatic heterocycles. The summed E-state index contributed by atoms with van der Waals surface area (Å²) in [7, 11) is -3.95. The maximum absolute atomic E-state index is 11.3. The monoisotopic (exact) mass is 262 g/mol. The van der Waals surface area contributed by atoms with Crippen molar-refractivity contribution < 1.29 is 18.0 Å². The van der Waals surface area contributed by atoms with Crippen molar-refractivity contribution in [2.24, 2.45) is 5.14 Å². The first-order valence-electron chi connectivity index (χ1n) is 4.11. The van der Waals surface area contributed by atoms with E-state index in [1.54, 1.807) is 0 Å². The number of aromatic nitrogens is 2. The number of amides is 2. The van der Waals surface area contributed by atoms with Gasteiger partial charge in [-0.1, -0.05) is 11.3 Å². The summed E-state index contributed by atoms with van der Waals surface area (Å²) in [5, 5.41) is 11.5. The zero-order valence-electron chi connectivity index (χ0n) is 7.78. The van der Waals surface area contributed by atoms with Crippen molar-refractivity contribution in [2.45, 2.75) is 17.2 Å². The maximum Gasteiger partial charge on any atom is 0.267 e. The lowest BCUT2D eigenvalue weighted by atomic mass is 10.4. The van der Waals surface area contributed by atoms with Gasteiger partial charge in [-0.05, 0) is 0 Å². The fourth-order valence-corrected chi connectivity index (χ4v) is 2.66. The third-order valence-corrected chi connectivity index (χ3v) is 4.10. The number of hydrogen-bond donors (Lipinski definition) is 1. The van der Waals surface area contributed by atoms with Crippen LogP contribution in [0.1, 0.15) is 12.8 Å². The second kappa shape index (κ2) is 3.57. The molecular weight excluding hydrogens is 256 g/mol. The van der Waals surface area contributed by atoms with E-state index >= 15 is 0 Å². The molecule has 8 nitrogen and oxygen atoms in total. The number of rotatable bonds is 2. The number of nitrogens with two attached hydrogens (primary N) is 1. The van der Waals surface area contributed by atoms with E-state index in [-0.39, 0.29) is 18.0 Å². The van der Waals surface area contributed by atoms with Crippen molar-refractivity contribution in [1.82, 2.24) is 10.2 Å². The van der Waals surface area contributed by atoms with E-state index in [1.807, 2.05) is 0 Å². The minimum atomic E-state index is -3.95. The number of nitrogens with zero attached hydrogens (tertiary/aromatic N) is 3. The number of primary sulfonamides is 1. The standard InChI is InChI=1S/C6H6N4O4S2/c7-16(13,14)6-9-8-5(15-6)10-3(11)1-2-4(10)12/h1-2H2,(H2,7,13,14). The highest BCUT2D eigenvalue weighted by Gasteiger charge is 2.33. The molecule has 2 N–H and O–H groups in total. The highest BCUT2D eigenvalue weighted by atomic mass is 32.2. The van der Waals surface area contributed by atoms with Gasteiger partial charge in [-0.2, -0.15) is 0 Å². The minimum absolute atomic E-state index is 0.0588. The smallest absolute Gasteiger partial charge is 0.267 e. The average molecular weight is 262 g/mol. The summed E-state index contributed by atoms with van der Waals surface area (Å²) in [6, 6.07) is 0. The van der Waals surface area contributed by atoms with Crippen LogP contribution >= 0.6 is 11.3 Å². The lowest BCUT2D eigenvalue weighted by Crippen LogP contribution is -2.28. The summed E-state index contributed by atoms with van der Waals surface area (Å²) >= 11 is 0.594. The summed E-state index contributed by atoms with van der Waals surface area (Å²) in [6.45, 7) is 0. The highest BCUT2D eigenvalue weighted by Crippen LogP contribution is 2.27. The van der Waals surface area contributed by atoms with Crippen LogP contribution in [0.4, 0.5) is 5.13 Å². The van der Waals surface area contributed by atoms with Crippen LogP contribution in [0.5, 0.6) is 0 Å². The second-order valence-corrected chi connectivity index (χ2v) is 5.71. The summed E-state index contributed by atoms with van der Waals surface area (Å²) in [5.74, 6) is -0.829. The van der Waals surface area contributed by atoms with Gasteiger partial charge in [-0.25, -0.2) is 18.5 Å². The van der Waals surface area contributed by atoms with Crippen LogP contribution in [0.3, 0.4) is 0 Å². The van der Waals surface area contributed by atoms with Crippen molar-refractivity contribution in [3.63, 3.8) is 0 Å². The molecule has 0 aromatic carbocycles. The van der Waals surface area contributed by atoms with Gasteiger partial charge in [0.25, 0.3) is 10.0 Å². The molecule has 1 fully saturated rings. The Kier molecular flexibility index (Phi) is 2.48. The summed E-state index contributed by atoms with van der Waals surface area (Å²) in [4.78, 5) is 23.4. The normalized spacial score (nSPS) is 17.2. The van der Waals surface area contributed by atoms with Crippen LogP contribution in [0.2, 0.25) is 0 Å². The van der Waals surface area contributed by atoms with Crippen molar-refractivity contribution in [3.8, 4) is 0 Å². The van der Waals surface area contributed by atoms with E-state index in [4.69, 9.17) is 5.14 Å². The first-order chi connectivity index (χ1) is 7.39. The van der Waals surface area contributed by atoms with Gasteiger partial charge in [0.15, 0.2) is 0 Å². The molecule has 2 amide bonds. The number of anilines is 1. The Morgan fingerprint density at radius 3 is 2.19 bits per heavy atom. The second-order valence-electron chi connectivity index (χ2n) is 3.02. The van der Waals surface area contributed by atoms with E-state index in [0.29, 0.717) is 11.3 Å². The molecule has 2 heterocycles. The molecule has 1 aromatic heterocycles. The van der Waals surface area contributed by atoms with Crippen molar-refractivity contribution in [1.29, 1.82) is 0 Å². The predicted octanol–water partition coefficient (Wildman–Crippen LogP) is -1.16. The van der Waals surface area contributed by atoms with Crippen LogP contribution in [0, 0.1) is 0 Å². The van der Waals surface area contributed by atoms with Gasteiger partial charge in [0.05, 0.1) is 0 Å². The fraction of sp³-hybridized carbons (Fsp3) is 0.333. The van der Waals surface area contributed by atoms with Crippen LogP contribution in [0.25, 0.3) is 0 Å². The SMILES string of the molecule is NS(=O)(=O)c1nnc(N2C(=O)CCC2=O)s1. The summed E-state index contributed by atoms with van der Waals surface area (Å²) in [6.07, 6.45) is 0.201. The molecule has 16 heavy (non-hydrogen) atoms. The maximum atomic E-state index is 11.3. The molecule has 86 valence electrons. The van der Waals surface area contributed by atoms with Crippen molar-refractivity contribution >= 4 is 38.3 Å². The Hall–Kier alpha value is -1.39. The Morgan fingerprint density at radius 2 is 1.75 bits per heavy atom. The lowest BCUT2D eigenvalue weighted by molar-refractivity contribution is -0.121. The number of carbonyl (C=O) groups excluding carboxylic acids is 2. The van der Waals surface area contributed by atoms with Crippen LogP contribution in [-0.4, -0.2) is 30.4 Å². The first kappa shape index (κ1) is 11.1. The zero-order valence-corrected chi connectivity index (χ0v) is 9.42. The number of sulfonamides is 1. The van der Waals surface area contributed by atoms with Gasteiger partial charge < -0.3 is 0 Å². The largest absolute Gasteiger partial charge is 0.274 e. The molecule has 2 rings (SSSR count). The van der Waals surface area contributed by atoms with E-state index < -0.39 is 26.2 Å². The Balaban J connectivity index is 2.39. The fourth-order valence-electron chi connectivity index (χ4n) is 1.20. The first-order valence-corrected chi connectivity index (χ1v) is 6.48. The van der Waals surface area contributed by atoms with Crippen LogP contribution < -0.4 is 10.0 Å². The number of hydrogen-bond acceptors (Lipinski definition) is 7. The van der Waals surface area contributed by atoms with Gasteiger partial charge in [-0.3, -0.25) is 9.59 Å². The quantitative estimate of drug-likeness (QED) is 0.529. The molecule has 0 saturated carbocycles. The Morgan fingerprint density at radius 1 is 1.19 bits per heavy atom. The van der Waals surface area contributed by atoms with Gasteiger partial charge >= 0.3 is 0 Å². The Bertz CT molecular complexity index is 547. The summed E-state index contributed by atoms with van der Waals surface area (Å²) in [5.41, 5.74) is 0.